The third-order valence-corrected chi connectivity index (χ3v) is 7.12. The van der Waals surface area contributed by atoms with Crippen LogP contribution in [0, 0.1) is 0 Å². The molecular weight excluding hydrogens is 492 g/mol. The zero-order valence-corrected chi connectivity index (χ0v) is 20.6. The van der Waals surface area contributed by atoms with Gasteiger partial charge in [-0.1, -0.05) is 41.4 Å². The molecule has 0 saturated carbocycles. The van der Waals surface area contributed by atoms with Crippen molar-refractivity contribution in [2.24, 2.45) is 0 Å². The zero-order chi connectivity index (χ0) is 22.5. The van der Waals surface area contributed by atoms with Gasteiger partial charge in [-0.3, -0.25) is 4.79 Å². The molecule has 0 bridgehead atoms. The molecule has 0 atom stereocenters. The molecule has 0 unspecified atom stereocenters. The Kier molecular flexibility index (Phi) is 8.73. The number of anilines is 1. The van der Waals surface area contributed by atoms with Crippen molar-refractivity contribution in [3.05, 3.63) is 51.0 Å². The van der Waals surface area contributed by atoms with Gasteiger partial charge in [-0.25, -0.2) is 8.42 Å². The Hall–Kier alpha value is -1.61. The fraction of sp³-hybridized carbons (Fsp3) is 0.381. The Balaban J connectivity index is 2.20. The molecule has 0 aromatic heterocycles. The van der Waals surface area contributed by atoms with Crippen LogP contribution >= 0.6 is 27.5 Å². The number of likely N-dealkylation sites (N-methyl/N-ethyl adjacent to an activating group) is 1. The van der Waals surface area contributed by atoms with Gasteiger partial charge in [0.2, 0.25) is 15.9 Å². The molecule has 1 N–H and O–H groups in total. The highest BCUT2D eigenvalue weighted by atomic mass is 79.9. The Morgan fingerprint density at radius 1 is 1.13 bits per heavy atom. The topological polar surface area (TPSA) is 75.7 Å². The SMILES string of the molecule is CCOc1ccc(S(=O)(=O)N(C)CC(=O)Nc2c(CC)cc(Br)cc2CC)cc1Cl. The van der Waals surface area contributed by atoms with Gasteiger partial charge in [-0.2, -0.15) is 4.31 Å². The average molecular weight is 518 g/mol. The smallest absolute Gasteiger partial charge is 0.243 e. The van der Waals surface area contributed by atoms with Crippen LogP contribution in [0.1, 0.15) is 31.9 Å². The number of halogens is 2. The van der Waals surface area contributed by atoms with Gasteiger partial charge in [0.15, 0.2) is 0 Å². The average Bonchev–Trinajstić information content (AvgIpc) is 2.70. The van der Waals surface area contributed by atoms with Gasteiger partial charge < -0.3 is 10.1 Å². The van der Waals surface area contributed by atoms with Crippen LogP contribution in [0.5, 0.6) is 5.75 Å². The Labute approximate surface area is 191 Å². The van der Waals surface area contributed by atoms with Crippen molar-refractivity contribution >= 4 is 49.1 Å². The zero-order valence-electron chi connectivity index (χ0n) is 17.5. The van der Waals surface area contributed by atoms with Crippen molar-refractivity contribution in [1.29, 1.82) is 0 Å². The monoisotopic (exact) mass is 516 g/mol. The molecule has 0 aliphatic carbocycles. The van der Waals surface area contributed by atoms with Crippen LogP contribution in [0.2, 0.25) is 5.02 Å². The third-order valence-electron chi connectivity index (χ3n) is 4.57. The van der Waals surface area contributed by atoms with E-state index in [1.54, 1.807) is 0 Å². The summed E-state index contributed by atoms with van der Waals surface area (Å²) >= 11 is 9.61. The number of carbonyl (C=O) groups excluding carboxylic acids is 1. The van der Waals surface area contributed by atoms with Gasteiger partial charge in [0, 0.05) is 17.2 Å². The summed E-state index contributed by atoms with van der Waals surface area (Å²) < 4.78 is 33.0. The first-order valence-corrected chi connectivity index (χ1v) is 12.2. The van der Waals surface area contributed by atoms with Crippen LogP contribution in [0.3, 0.4) is 0 Å². The molecule has 0 radical (unpaired) electrons. The van der Waals surface area contributed by atoms with Gasteiger partial charge in [0.25, 0.3) is 0 Å². The minimum absolute atomic E-state index is 0.00149. The highest BCUT2D eigenvalue weighted by molar-refractivity contribution is 9.10. The van der Waals surface area contributed by atoms with Gasteiger partial charge in [0.1, 0.15) is 5.75 Å². The van der Waals surface area contributed by atoms with E-state index in [1.807, 2.05) is 32.9 Å². The molecule has 2 aromatic carbocycles. The number of hydrogen-bond acceptors (Lipinski definition) is 4. The van der Waals surface area contributed by atoms with Crippen molar-refractivity contribution < 1.29 is 17.9 Å². The molecule has 0 saturated heterocycles. The molecule has 2 rings (SSSR count). The van der Waals surface area contributed by atoms with E-state index >= 15 is 0 Å². The molecule has 1 amide bonds. The highest BCUT2D eigenvalue weighted by Gasteiger charge is 2.24. The molecule has 30 heavy (non-hydrogen) atoms. The first-order chi connectivity index (χ1) is 14.1. The lowest BCUT2D eigenvalue weighted by Crippen LogP contribution is -2.35. The van der Waals surface area contributed by atoms with Crippen LogP contribution < -0.4 is 10.1 Å². The molecule has 0 aliphatic rings. The molecule has 2 aromatic rings. The maximum Gasteiger partial charge on any atom is 0.243 e. The normalized spacial score (nSPS) is 11.6. The number of carbonyl (C=O) groups is 1. The number of sulfonamides is 1. The second-order valence-electron chi connectivity index (χ2n) is 6.64. The number of nitrogens with one attached hydrogen (secondary N) is 1. The molecule has 6 nitrogen and oxygen atoms in total. The lowest BCUT2D eigenvalue weighted by atomic mass is 10.0. The predicted octanol–water partition coefficient (Wildman–Crippen LogP) is 4.89. The lowest BCUT2D eigenvalue weighted by Gasteiger charge is -2.19. The fourth-order valence-electron chi connectivity index (χ4n) is 3.00. The van der Waals surface area contributed by atoms with E-state index in [4.69, 9.17) is 16.3 Å². The fourth-order valence-corrected chi connectivity index (χ4v) is 5.01. The van der Waals surface area contributed by atoms with E-state index in [-0.39, 0.29) is 16.5 Å². The summed E-state index contributed by atoms with van der Waals surface area (Å²) in [5.41, 5.74) is 2.71. The van der Waals surface area contributed by atoms with Crippen LogP contribution in [0.4, 0.5) is 5.69 Å². The van der Waals surface area contributed by atoms with E-state index in [2.05, 4.69) is 21.2 Å². The van der Waals surface area contributed by atoms with Crippen molar-refractivity contribution in [2.75, 3.05) is 25.5 Å². The van der Waals surface area contributed by atoms with Crippen molar-refractivity contribution in [2.45, 2.75) is 38.5 Å². The summed E-state index contributed by atoms with van der Waals surface area (Å²) in [5.74, 6) is -0.00206. The largest absolute Gasteiger partial charge is 0.492 e. The molecule has 0 fully saturated rings. The summed E-state index contributed by atoms with van der Waals surface area (Å²) in [7, 11) is -2.53. The van der Waals surface area contributed by atoms with Crippen LogP contribution in [-0.4, -0.2) is 38.8 Å². The second kappa shape index (κ2) is 10.6. The molecular formula is C21H26BrClN2O4S. The van der Waals surface area contributed by atoms with Crippen LogP contribution in [0.25, 0.3) is 0 Å². The van der Waals surface area contributed by atoms with E-state index < -0.39 is 15.9 Å². The van der Waals surface area contributed by atoms with Crippen molar-refractivity contribution in [3.8, 4) is 5.75 Å². The highest BCUT2D eigenvalue weighted by Crippen LogP contribution is 2.29. The minimum Gasteiger partial charge on any atom is -0.492 e. The quantitative estimate of drug-likeness (QED) is 0.514. The summed E-state index contributed by atoms with van der Waals surface area (Å²) in [6.45, 7) is 5.91. The van der Waals surface area contributed by atoms with Gasteiger partial charge >= 0.3 is 0 Å². The summed E-state index contributed by atoms with van der Waals surface area (Å²) in [6, 6.07) is 8.17. The van der Waals surface area contributed by atoms with Gasteiger partial charge in [-0.05, 0) is 61.2 Å². The minimum atomic E-state index is -3.89. The van der Waals surface area contributed by atoms with Gasteiger partial charge in [0.05, 0.1) is 23.1 Å². The van der Waals surface area contributed by atoms with Crippen molar-refractivity contribution in [1.82, 2.24) is 4.31 Å². The number of hydrogen-bond donors (Lipinski definition) is 1. The number of benzene rings is 2. The Bertz CT molecular complexity index is 1000. The van der Waals surface area contributed by atoms with E-state index in [9.17, 15) is 13.2 Å². The van der Waals surface area contributed by atoms with E-state index in [0.29, 0.717) is 12.4 Å². The standard InChI is InChI=1S/C21H26BrClN2O4S/c1-5-14-10-16(22)11-15(6-2)21(14)24-20(26)13-25(4)30(27,28)17-8-9-19(29-7-3)18(23)12-17/h8-12H,5-7,13H2,1-4H3,(H,24,26). The maximum absolute atomic E-state index is 12.9. The van der Waals surface area contributed by atoms with E-state index in [0.717, 1.165) is 38.4 Å². The number of nitrogens with zero attached hydrogens (tertiary/aromatic N) is 1. The summed E-state index contributed by atoms with van der Waals surface area (Å²) in [5, 5.41) is 3.09. The second-order valence-corrected chi connectivity index (χ2v) is 10.0. The van der Waals surface area contributed by atoms with Gasteiger partial charge in [-0.15, -0.1) is 0 Å². The Morgan fingerprint density at radius 3 is 2.23 bits per heavy atom. The first kappa shape index (κ1) is 24.7. The molecule has 0 aliphatic heterocycles. The summed E-state index contributed by atoms with van der Waals surface area (Å²) in [4.78, 5) is 12.7. The number of aryl methyl sites for hydroxylation is 2. The molecule has 164 valence electrons. The molecule has 0 spiro atoms. The first-order valence-electron chi connectivity index (χ1n) is 9.63. The predicted molar refractivity (Wildman–Crippen MR) is 124 cm³/mol. The molecule has 9 heteroatoms. The lowest BCUT2D eigenvalue weighted by molar-refractivity contribution is -0.116. The van der Waals surface area contributed by atoms with Crippen molar-refractivity contribution in [3.63, 3.8) is 0 Å². The van der Waals surface area contributed by atoms with Crippen LogP contribution in [-0.2, 0) is 27.7 Å². The third kappa shape index (κ3) is 5.75. The molecule has 0 heterocycles. The number of amides is 1. The van der Waals surface area contributed by atoms with Crippen LogP contribution in [0.15, 0.2) is 39.7 Å². The van der Waals surface area contributed by atoms with E-state index in [1.165, 1.54) is 25.2 Å². The number of ether oxygens (including phenoxy) is 1. The summed E-state index contributed by atoms with van der Waals surface area (Å²) in [6.07, 6.45) is 1.47. The number of rotatable bonds is 9. The Morgan fingerprint density at radius 2 is 1.73 bits per heavy atom. The maximum atomic E-state index is 12.9.